The molecule has 5 nitrogen and oxygen atoms in total. The number of carbonyl (C=O) groups is 1. The fourth-order valence-corrected chi connectivity index (χ4v) is 2.38. The topological polar surface area (TPSA) is 82.4 Å². The van der Waals surface area contributed by atoms with Crippen LogP contribution in [0.25, 0.3) is 22.6 Å². The van der Waals surface area contributed by atoms with Crippen LogP contribution in [0.1, 0.15) is 16.2 Å². The van der Waals surface area contributed by atoms with Crippen LogP contribution < -0.4 is 0 Å². The SMILES string of the molecule is N#Cc1nc(-c2c(F)cccc2Cl)[nH]c1-c1ccc(C=O)nc1. The second-order valence-electron chi connectivity index (χ2n) is 4.61. The smallest absolute Gasteiger partial charge is 0.168 e. The molecule has 0 unspecified atom stereocenters. The number of imidazole rings is 1. The molecule has 0 aliphatic heterocycles. The van der Waals surface area contributed by atoms with Crippen LogP contribution in [0.5, 0.6) is 0 Å². The van der Waals surface area contributed by atoms with Crippen molar-refractivity contribution in [3.63, 3.8) is 0 Å². The van der Waals surface area contributed by atoms with Gasteiger partial charge in [0.05, 0.1) is 16.3 Å². The minimum atomic E-state index is -0.545. The van der Waals surface area contributed by atoms with E-state index in [1.807, 2.05) is 6.07 Å². The number of aromatic nitrogens is 3. The van der Waals surface area contributed by atoms with E-state index in [4.69, 9.17) is 11.6 Å². The van der Waals surface area contributed by atoms with Crippen LogP contribution in [0.4, 0.5) is 4.39 Å². The molecule has 0 bridgehead atoms. The molecule has 7 heteroatoms. The molecule has 0 radical (unpaired) electrons. The summed E-state index contributed by atoms with van der Waals surface area (Å²) >= 11 is 6.02. The van der Waals surface area contributed by atoms with Gasteiger partial charge in [0.25, 0.3) is 0 Å². The van der Waals surface area contributed by atoms with E-state index in [1.54, 1.807) is 6.07 Å². The highest BCUT2D eigenvalue weighted by molar-refractivity contribution is 6.33. The van der Waals surface area contributed by atoms with Crippen molar-refractivity contribution in [2.75, 3.05) is 0 Å². The molecular weight excluding hydrogens is 319 g/mol. The number of halogens is 2. The first-order valence-corrected chi connectivity index (χ1v) is 6.88. The molecule has 112 valence electrons. The fraction of sp³-hybridized carbons (Fsp3) is 0. The monoisotopic (exact) mass is 326 g/mol. The maximum atomic E-state index is 14.0. The molecule has 0 saturated heterocycles. The Hall–Kier alpha value is -3.04. The minimum Gasteiger partial charge on any atom is -0.337 e. The van der Waals surface area contributed by atoms with Gasteiger partial charge in [-0.05, 0) is 24.3 Å². The maximum Gasteiger partial charge on any atom is 0.168 e. The van der Waals surface area contributed by atoms with Gasteiger partial charge in [-0.15, -0.1) is 0 Å². The van der Waals surface area contributed by atoms with E-state index in [2.05, 4.69) is 15.0 Å². The molecule has 0 aliphatic rings. The summed E-state index contributed by atoms with van der Waals surface area (Å²) < 4.78 is 14.0. The van der Waals surface area contributed by atoms with Gasteiger partial charge in [0, 0.05) is 11.8 Å². The Bertz CT molecular complexity index is 908. The lowest BCUT2D eigenvalue weighted by Gasteiger charge is -2.02. The van der Waals surface area contributed by atoms with Crippen molar-refractivity contribution in [1.29, 1.82) is 5.26 Å². The number of aromatic amines is 1. The first-order chi connectivity index (χ1) is 11.1. The predicted molar refractivity (Wildman–Crippen MR) is 82.3 cm³/mol. The van der Waals surface area contributed by atoms with Crippen molar-refractivity contribution in [2.45, 2.75) is 0 Å². The van der Waals surface area contributed by atoms with Crippen LogP contribution in [0.3, 0.4) is 0 Å². The van der Waals surface area contributed by atoms with Gasteiger partial charge in [0.1, 0.15) is 23.4 Å². The molecule has 1 N–H and O–H groups in total. The van der Waals surface area contributed by atoms with Gasteiger partial charge in [-0.3, -0.25) is 9.78 Å². The molecular formula is C16H8ClFN4O. The summed E-state index contributed by atoms with van der Waals surface area (Å²) in [6.07, 6.45) is 2.05. The number of aldehydes is 1. The molecule has 23 heavy (non-hydrogen) atoms. The first kappa shape index (κ1) is 14.9. The molecule has 0 atom stereocenters. The third kappa shape index (κ3) is 2.70. The highest BCUT2D eigenvalue weighted by Gasteiger charge is 2.18. The van der Waals surface area contributed by atoms with Gasteiger partial charge in [-0.2, -0.15) is 5.26 Å². The molecule has 0 fully saturated rings. The van der Waals surface area contributed by atoms with E-state index >= 15 is 0 Å². The van der Waals surface area contributed by atoms with Crippen molar-refractivity contribution in [3.8, 4) is 28.7 Å². The van der Waals surface area contributed by atoms with E-state index in [0.29, 0.717) is 17.5 Å². The number of hydrogen-bond donors (Lipinski definition) is 1. The van der Waals surface area contributed by atoms with E-state index in [0.717, 1.165) is 0 Å². The molecule has 0 saturated carbocycles. The van der Waals surface area contributed by atoms with E-state index in [1.165, 1.54) is 30.5 Å². The summed E-state index contributed by atoms with van der Waals surface area (Å²) in [5.74, 6) is -0.393. The highest BCUT2D eigenvalue weighted by atomic mass is 35.5. The number of nitrogens with zero attached hydrogens (tertiary/aromatic N) is 3. The molecule has 3 rings (SSSR count). The Morgan fingerprint density at radius 2 is 2.13 bits per heavy atom. The molecule has 2 heterocycles. The van der Waals surface area contributed by atoms with Gasteiger partial charge >= 0.3 is 0 Å². The van der Waals surface area contributed by atoms with Crippen molar-refractivity contribution >= 4 is 17.9 Å². The average Bonchev–Trinajstić information content (AvgIpc) is 2.98. The number of nitrogens with one attached hydrogen (secondary N) is 1. The Morgan fingerprint density at radius 3 is 2.74 bits per heavy atom. The lowest BCUT2D eigenvalue weighted by atomic mass is 10.1. The second kappa shape index (κ2) is 5.99. The summed E-state index contributed by atoms with van der Waals surface area (Å²) in [6.45, 7) is 0. The zero-order valence-corrected chi connectivity index (χ0v) is 12.3. The number of carbonyl (C=O) groups excluding carboxylic acids is 1. The van der Waals surface area contributed by atoms with Crippen molar-refractivity contribution in [2.24, 2.45) is 0 Å². The summed E-state index contributed by atoms with van der Waals surface area (Å²) in [5, 5.41) is 9.43. The number of H-pyrrole nitrogens is 1. The number of benzene rings is 1. The quantitative estimate of drug-likeness (QED) is 0.745. The van der Waals surface area contributed by atoms with E-state index in [9.17, 15) is 14.4 Å². The van der Waals surface area contributed by atoms with Gasteiger partial charge < -0.3 is 4.98 Å². The number of hydrogen-bond acceptors (Lipinski definition) is 4. The summed E-state index contributed by atoms with van der Waals surface area (Å²) in [7, 11) is 0. The first-order valence-electron chi connectivity index (χ1n) is 6.50. The van der Waals surface area contributed by atoms with Gasteiger partial charge in [-0.1, -0.05) is 17.7 Å². The van der Waals surface area contributed by atoms with Crippen LogP contribution >= 0.6 is 11.6 Å². The van der Waals surface area contributed by atoms with Crippen molar-refractivity contribution in [3.05, 3.63) is 58.8 Å². The zero-order valence-electron chi connectivity index (χ0n) is 11.5. The molecule has 3 aromatic rings. The Morgan fingerprint density at radius 1 is 1.30 bits per heavy atom. The van der Waals surface area contributed by atoms with Crippen LogP contribution in [-0.4, -0.2) is 21.2 Å². The molecule has 1 aromatic carbocycles. The van der Waals surface area contributed by atoms with Crippen LogP contribution in [-0.2, 0) is 0 Å². The summed E-state index contributed by atoms with van der Waals surface area (Å²) in [6, 6.07) is 9.36. The normalized spacial score (nSPS) is 10.3. The Labute approximate surface area is 135 Å². The number of pyridine rings is 1. The maximum absolute atomic E-state index is 14.0. The Balaban J connectivity index is 2.15. The number of nitriles is 1. The average molecular weight is 327 g/mol. The third-order valence-corrected chi connectivity index (χ3v) is 3.52. The third-order valence-electron chi connectivity index (χ3n) is 3.21. The molecule has 2 aromatic heterocycles. The second-order valence-corrected chi connectivity index (χ2v) is 5.01. The van der Waals surface area contributed by atoms with Gasteiger partial charge in [0.2, 0.25) is 0 Å². The summed E-state index contributed by atoms with van der Waals surface area (Å²) in [4.78, 5) is 21.6. The Kier molecular flexibility index (Phi) is 3.87. The van der Waals surface area contributed by atoms with Crippen molar-refractivity contribution < 1.29 is 9.18 Å². The lowest BCUT2D eigenvalue weighted by molar-refractivity contribution is 0.111. The largest absolute Gasteiger partial charge is 0.337 e. The van der Waals surface area contributed by atoms with Crippen LogP contribution in [0, 0.1) is 17.1 Å². The molecule has 0 spiro atoms. The highest BCUT2D eigenvalue weighted by Crippen LogP contribution is 2.31. The summed E-state index contributed by atoms with van der Waals surface area (Å²) in [5.41, 5.74) is 1.38. The predicted octanol–water partition coefficient (Wildman–Crippen LogP) is 3.62. The zero-order chi connectivity index (χ0) is 16.4. The van der Waals surface area contributed by atoms with E-state index < -0.39 is 5.82 Å². The lowest BCUT2D eigenvalue weighted by Crippen LogP contribution is -1.89. The van der Waals surface area contributed by atoms with Gasteiger partial charge in [0.15, 0.2) is 12.0 Å². The molecule has 0 amide bonds. The van der Waals surface area contributed by atoms with Crippen molar-refractivity contribution in [1.82, 2.24) is 15.0 Å². The molecule has 0 aliphatic carbocycles. The van der Waals surface area contributed by atoms with Gasteiger partial charge in [-0.25, -0.2) is 9.37 Å². The number of rotatable bonds is 3. The van der Waals surface area contributed by atoms with Crippen LogP contribution in [0.2, 0.25) is 5.02 Å². The fourth-order valence-electron chi connectivity index (χ4n) is 2.13. The van der Waals surface area contributed by atoms with Crippen LogP contribution in [0.15, 0.2) is 36.5 Å². The van der Waals surface area contributed by atoms with E-state index in [-0.39, 0.29) is 27.8 Å². The standard InChI is InChI=1S/C16H8ClFN4O/c17-11-2-1-3-12(18)14(11)16-21-13(6-19)15(22-16)9-4-5-10(8-23)20-7-9/h1-5,7-8H,(H,21,22). The minimum absolute atomic E-state index is 0.0833.